The van der Waals surface area contributed by atoms with Gasteiger partial charge in [0.05, 0.1) is 12.6 Å². The molecule has 1 aromatic rings. The van der Waals surface area contributed by atoms with Crippen LogP contribution < -0.4 is 5.32 Å². The third-order valence-corrected chi connectivity index (χ3v) is 3.13. The third kappa shape index (κ3) is 1.53. The fourth-order valence-corrected chi connectivity index (χ4v) is 1.73. The number of rotatable bonds is 3. The van der Waals surface area contributed by atoms with Crippen molar-refractivity contribution in [2.45, 2.75) is 39.0 Å². The highest BCUT2D eigenvalue weighted by atomic mass is 16.5. The van der Waals surface area contributed by atoms with Crippen LogP contribution in [0.2, 0.25) is 0 Å². The van der Waals surface area contributed by atoms with Crippen LogP contribution in [0.1, 0.15) is 26.1 Å². The Bertz CT molecular complexity index is 297. The summed E-state index contributed by atoms with van der Waals surface area (Å²) in [5.74, 6) is 0.655. The van der Waals surface area contributed by atoms with E-state index in [0.29, 0.717) is 18.4 Å². The van der Waals surface area contributed by atoms with Crippen molar-refractivity contribution in [1.82, 2.24) is 15.5 Å². The molecule has 5 heteroatoms. The van der Waals surface area contributed by atoms with E-state index in [1.165, 1.54) is 6.39 Å². The predicted octanol–water partition coefficient (Wildman–Crippen LogP) is 0.319. The van der Waals surface area contributed by atoms with Gasteiger partial charge >= 0.3 is 0 Å². The standard InChI is InChI=1S/C9H15N3O2/c1-9(2)6(3-7(9)13)10-4-8-11-5-14-12-8/h5-7,10,13H,3-4H2,1-2H3. The van der Waals surface area contributed by atoms with Crippen molar-refractivity contribution >= 4 is 0 Å². The van der Waals surface area contributed by atoms with E-state index < -0.39 is 0 Å². The van der Waals surface area contributed by atoms with Gasteiger partial charge in [0.1, 0.15) is 0 Å². The maximum atomic E-state index is 9.51. The van der Waals surface area contributed by atoms with E-state index in [9.17, 15) is 5.11 Å². The lowest BCUT2D eigenvalue weighted by Gasteiger charge is -2.49. The number of hydrogen-bond donors (Lipinski definition) is 2. The minimum absolute atomic E-state index is 0.0518. The van der Waals surface area contributed by atoms with Crippen LogP contribution in [-0.4, -0.2) is 27.4 Å². The topological polar surface area (TPSA) is 71.2 Å². The summed E-state index contributed by atoms with van der Waals surface area (Å²) in [4.78, 5) is 3.91. The molecule has 1 saturated carbocycles. The molecule has 1 aromatic heterocycles. The molecule has 1 heterocycles. The molecule has 2 unspecified atom stereocenters. The monoisotopic (exact) mass is 197 g/mol. The molecule has 0 saturated heterocycles. The van der Waals surface area contributed by atoms with E-state index >= 15 is 0 Å². The summed E-state index contributed by atoms with van der Waals surface area (Å²) in [5.41, 5.74) is -0.0518. The van der Waals surface area contributed by atoms with Gasteiger partial charge in [-0.1, -0.05) is 19.0 Å². The minimum atomic E-state index is -0.203. The van der Waals surface area contributed by atoms with Crippen molar-refractivity contribution in [1.29, 1.82) is 0 Å². The van der Waals surface area contributed by atoms with E-state index in [1.807, 2.05) is 0 Å². The summed E-state index contributed by atoms with van der Waals surface area (Å²) >= 11 is 0. The van der Waals surface area contributed by atoms with E-state index in [1.54, 1.807) is 0 Å². The van der Waals surface area contributed by atoms with E-state index in [-0.39, 0.29) is 11.5 Å². The molecular weight excluding hydrogens is 182 g/mol. The van der Waals surface area contributed by atoms with Crippen LogP contribution in [0.4, 0.5) is 0 Å². The van der Waals surface area contributed by atoms with Gasteiger partial charge in [0.15, 0.2) is 5.82 Å². The Kier molecular flexibility index (Phi) is 2.28. The lowest BCUT2D eigenvalue weighted by atomic mass is 9.64. The molecule has 2 N–H and O–H groups in total. The molecule has 0 aromatic carbocycles. The first-order valence-electron chi connectivity index (χ1n) is 4.77. The number of aliphatic hydroxyl groups is 1. The van der Waals surface area contributed by atoms with Crippen molar-refractivity contribution in [3.63, 3.8) is 0 Å². The summed E-state index contributed by atoms with van der Waals surface area (Å²) in [6, 6.07) is 0.330. The van der Waals surface area contributed by atoms with Gasteiger partial charge < -0.3 is 14.9 Å². The van der Waals surface area contributed by atoms with Crippen molar-refractivity contribution in [2.75, 3.05) is 0 Å². The van der Waals surface area contributed by atoms with Crippen LogP contribution in [0.3, 0.4) is 0 Å². The molecule has 0 spiro atoms. The molecule has 2 rings (SSSR count). The Labute approximate surface area is 82.5 Å². The van der Waals surface area contributed by atoms with Gasteiger partial charge in [-0.3, -0.25) is 0 Å². The van der Waals surface area contributed by atoms with Crippen LogP contribution in [0.5, 0.6) is 0 Å². The van der Waals surface area contributed by atoms with Crippen LogP contribution in [-0.2, 0) is 6.54 Å². The Hall–Kier alpha value is -0.940. The summed E-state index contributed by atoms with van der Waals surface area (Å²) in [6.45, 7) is 4.70. The second-order valence-corrected chi connectivity index (χ2v) is 4.35. The fraction of sp³-hybridized carbons (Fsp3) is 0.778. The first-order valence-corrected chi connectivity index (χ1v) is 4.77. The normalized spacial score (nSPS) is 29.9. The summed E-state index contributed by atoms with van der Waals surface area (Å²) in [5, 5.41) is 16.5. The predicted molar refractivity (Wildman–Crippen MR) is 49.3 cm³/mol. The van der Waals surface area contributed by atoms with Gasteiger partial charge in [-0.05, 0) is 6.42 Å². The molecule has 1 aliphatic carbocycles. The first-order chi connectivity index (χ1) is 6.60. The van der Waals surface area contributed by atoms with Crippen LogP contribution >= 0.6 is 0 Å². The van der Waals surface area contributed by atoms with E-state index in [0.717, 1.165) is 6.42 Å². The van der Waals surface area contributed by atoms with Crippen molar-refractivity contribution < 1.29 is 9.63 Å². The number of nitrogens with zero attached hydrogens (tertiary/aromatic N) is 2. The van der Waals surface area contributed by atoms with Crippen LogP contribution in [0.15, 0.2) is 10.9 Å². The van der Waals surface area contributed by atoms with Crippen LogP contribution in [0, 0.1) is 5.41 Å². The lowest BCUT2D eigenvalue weighted by molar-refractivity contribution is -0.0732. The lowest BCUT2D eigenvalue weighted by Crippen LogP contribution is -2.59. The number of hydrogen-bond acceptors (Lipinski definition) is 5. The summed E-state index contributed by atoms with van der Waals surface area (Å²) < 4.78 is 4.62. The Balaban J connectivity index is 1.83. The summed E-state index contributed by atoms with van der Waals surface area (Å²) in [6.07, 6.45) is 1.91. The molecule has 14 heavy (non-hydrogen) atoms. The molecule has 2 atom stereocenters. The van der Waals surface area contributed by atoms with Gasteiger partial charge in [-0.15, -0.1) is 0 Å². The Morgan fingerprint density at radius 3 is 3.00 bits per heavy atom. The number of aliphatic hydroxyl groups excluding tert-OH is 1. The largest absolute Gasteiger partial charge is 0.392 e. The first kappa shape index (κ1) is 9.61. The minimum Gasteiger partial charge on any atom is -0.392 e. The van der Waals surface area contributed by atoms with Gasteiger partial charge in [-0.25, -0.2) is 0 Å². The van der Waals surface area contributed by atoms with Crippen molar-refractivity contribution in [3.05, 3.63) is 12.2 Å². The highest BCUT2D eigenvalue weighted by molar-refractivity contribution is 5.02. The van der Waals surface area contributed by atoms with Gasteiger partial charge in [0.25, 0.3) is 0 Å². The molecule has 78 valence electrons. The van der Waals surface area contributed by atoms with Crippen LogP contribution in [0.25, 0.3) is 0 Å². The molecule has 0 radical (unpaired) electrons. The van der Waals surface area contributed by atoms with Gasteiger partial charge in [-0.2, -0.15) is 4.98 Å². The highest BCUT2D eigenvalue weighted by Crippen LogP contribution is 2.40. The van der Waals surface area contributed by atoms with Crippen molar-refractivity contribution in [2.24, 2.45) is 5.41 Å². The zero-order chi connectivity index (χ0) is 10.2. The average Bonchev–Trinajstić information content (AvgIpc) is 2.64. The average molecular weight is 197 g/mol. The quantitative estimate of drug-likeness (QED) is 0.730. The molecular formula is C9H15N3O2. The second-order valence-electron chi connectivity index (χ2n) is 4.35. The Morgan fingerprint density at radius 2 is 2.50 bits per heavy atom. The smallest absolute Gasteiger partial charge is 0.213 e. The van der Waals surface area contributed by atoms with Gasteiger partial charge in [0.2, 0.25) is 6.39 Å². The maximum absolute atomic E-state index is 9.51. The van der Waals surface area contributed by atoms with E-state index in [4.69, 9.17) is 0 Å². The fourth-order valence-electron chi connectivity index (χ4n) is 1.73. The zero-order valence-electron chi connectivity index (χ0n) is 8.40. The number of nitrogens with one attached hydrogen (secondary N) is 1. The zero-order valence-corrected chi connectivity index (χ0v) is 8.40. The summed E-state index contributed by atoms with van der Waals surface area (Å²) in [7, 11) is 0. The molecule has 0 bridgehead atoms. The maximum Gasteiger partial charge on any atom is 0.213 e. The number of aromatic nitrogens is 2. The molecule has 1 fully saturated rings. The van der Waals surface area contributed by atoms with E-state index in [2.05, 4.69) is 33.8 Å². The van der Waals surface area contributed by atoms with Gasteiger partial charge in [0, 0.05) is 11.5 Å². The molecule has 1 aliphatic rings. The highest BCUT2D eigenvalue weighted by Gasteiger charge is 2.46. The molecule has 0 aliphatic heterocycles. The molecule has 5 nitrogen and oxygen atoms in total. The molecule has 0 amide bonds. The van der Waals surface area contributed by atoms with Crippen molar-refractivity contribution in [3.8, 4) is 0 Å². The third-order valence-electron chi connectivity index (χ3n) is 3.13. The SMILES string of the molecule is CC1(C)C(O)CC1NCc1ncon1. The second kappa shape index (κ2) is 3.33. The Morgan fingerprint density at radius 1 is 1.71 bits per heavy atom.